The average molecular weight is 271 g/mol. The van der Waals surface area contributed by atoms with Crippen LogP contribution in [0.15, 0.2) is 11.0 Å². The molecular weight excluding hydrogens is 252 g/mol. The minimum Gasteiger partial charge on any atom is -0.381 e. The molecule has 1 aliphatic heterocycles. The lowest BCUT2D eigenvalue weighted by Crippen LogP contribution is -2.41. The number of H-pyrrole nitrogens is 1. The molecule has 2 heterocycles. The molecule has 18 heavy (non-hydrogen) atoms. The Labute approximate surface area is 112 Å². The number of rotatable bonds is 4. The number of nitrogens with one attached hydrogen (secondary N) is 2. The standard InChI is InChI=1S/C12H19ClN4O/c1-9(17-5-3-2-4-6-17)7-14-10-8-15-16-12(18)11(10)13/h8-9H,2-7H2,1H3,(H2,14,16,18). The van der Waals surface area contributed by atoms with Gasteiger partial charge in [0.15, 0.2) is 0 Å². The van der Waals surface area contributed by atoms with Crippen molar-refractivity contribution in [1.29, 1.82) is 0 Å². The highest BCUT2D eigenvalue weighted by atomic mass is 35.5. The monoisotopic (exact) mass is 270 g/mol. The molecule has 0 spiro atoms. The van der Waals surface area contributed by atoms with Gasteiger partial charge in [0.1, 0.15) is 5.02 Å². The number of hydrogen-bond donors (Lipinski definition) is 2. The van der Waals surface area contributed by atoms with Crippen molar-refractivity contribution in [2.45, 2.75) is 32.2 Å². The van der Waals surface area contributed by atoms with Crippen LogP contribution in [0.2, 0.25) is 5.02 Å². The van der Waals surface area contributed by atoms with Gasteiger partial charge in [0, 0.05) is 12.6 Å². The van der Waals surface area contributed by atoms with Gasteiger partial charge in [-0.2, -0.15) is 5.10 Å². The Balaban J connectivity index is 1.90. The Hall–Kier alpha value is -1.07. The summed E-state index contributed by atoms with van der Waals surface area (Å²) in [7, 11) is 0. The number of hydrogen-bond acceptors (Lipinski definition) is 4. The summed E-state index contributed by atoms with van der Waals surface area (Å²) >= 11 is 5.90. The maximum Gasteiger partial charge on any atom is 0.285 e. The second-order valence-electron chi connectivity index (χ2n) is 4.75. The molecule has 1 aromatic heterocycles. The third-order valence-corrected chi connectivity index (χ3v) is 3.77. The van der Waals surface area contributed by atoms with Gasteiger partial charge in [-0.05, 0) is 32.9 Å². The van der Waals surface area contributed by atoms with Crippen LogP contribution in [0.25, 0.3) is 0 Å². The Bertz CT molecular complexity index is 442. The summed E-state index contributed by atoms with van der Waals surface area (Å²) in [4.78, 5) is 13.7. The summed E-state index contributed by atoms with van der Waals surface area (Å²) in [5.41, 5.74) is 0.247. The van der Waals surface area contributed by atoms with Gasteiger partial charge in [-0.3, -0.25) is 9.69 Å². The van der Waals surface area contributed by atoms with Crippen molar-refractivity contribution in [3.63, 3.8) is 0 Å². The second-order valence-corrected chi connectivity index (χ2v) is 5.13. The Morgan fingerprint density at radius 1 is 1.50 bits per heavy atom. The Kier molecular flexibility index (Phi) is 4.60. The molecule has 1 unspecified atom stereocenters. The van der Waals surface area contributed by atoms with E-state index in [-0.39, 0.29) is 10.6 Å². The summed E-state index contributed by atoms with van der Waals surface area (Å²) in [5, 5.41) is 9.41. The van der Waals surface area contributed by atoms with Crippen LogP contribution < -0.4 is 10.9 Å². The fourth-order valence-electron chi connectivity index (χ4n) is 2.25. The van der Waals surface area contributed by atoms with Crippen molar-refractivity contribution >= 4 is 17.3 Å². The molecule has 1 fully saturated rings. The zero-order chi connectivity index (χ0) is 13.0. The molecule has 1 aliphatic rings. The highest BCUT2D eigenvalue weighted by Crippen LogP contribution is 2.16. The van der Waals surface area contributed by atoms with E-state index < -0.39 is 0 Å². The van der Waals surface area contributed by atoms with Crippen LogP contribution >= 0.6 is 11.6 Å². The molecule has 2 rings (SSSR count). The summed E-state index contributed by atoms with van der Waals surface area (Å²) in [5.74, 6) is 0. The van der Waals surface area contributed by atoms with Gasteiger partial charge in [0.05, 0.1) is 11.9 Å². The molecule has 0 amide bonds. The molecule has 6 heteroatoms. The number of piperidine rings is 1. The molecule has 100 valence electrons. The first kappa shape index (κ1) is 13.4. The van der Waals surface area contributed by atoms with E-state index in [9.17, 15) is 4.79 Å². The molecule has 0 bridgehead atoms. The minimum absolute atomic E-state index is 0.177. The van der Waals surface area contributed by atoms with Crippen LogP contribution in [0.5, 0.6) is 0 Å². The highest BCUT2D eigenvalue weighted by Gasteiger charge is 2.16. The maximum absolute atomic E-state index is 11.3. The molecule has 2 N–H and O–H groups in total. The average Bonchev–Trinajstić information content (AvgIpc) is 2.41. The van der Waals surface area contributed by atoms with Crippen molar-refractivity contribution in [2.24, 2.45) is 0 Å². The fourth-order valence-corrected chi connectivity index (χ4v) is 2.41. The molecule has 0 saturated carbocycles. The first-order valence-electron chi connectivity index (χ1n) is 6.39. The first-order valence-corrected chi connectivity index (χ1v) is 6.77. The van der Waals surface area contributed by atoms with Gasteiger partial charge in [-0.1, -0.05) is 18.0 Å². The third-order valence-electron chi connectivity index (χ3n) is 3.40. The molecular formula is C12H19ClN4O. The fraction of sp³-hybridized carbons (Fsp3) is 0.667. The van der Waals surface area contributed by atoms with Crippen LogP contribution in [0, 0.1) is 0 Å². The van der Waals surface area contributed by atoms with Crippen LogP contribution in [0.4, 0.5) is 5.69 Å². The first-order chi connectivity index (χ1) is 8.68. The third kappa shape index (κ3) is 3.23. The van der Waals surface area contributed by atoms with Gasteiger partial charge in [0.25, 0.3) is 5.56 Å². The van der Waals surface area contributed by atoms with E-state index in [0.29, 0.717) is 11.7 Å². The lowest BCUT2D eigenvalue weighted by molar-refractivity contribution is 0.180. The molecule has 0 aliphatic carbocycles. The second kappa shape index (κ2) is 6.20. The van der Waals surface area contributed by atoms with Crippen LogP contribution in [-0.4, -0.2) is 40.8 Å². The quantitative estimate of drug-likeness (QED) is 0.874. The summed E-state index contributed by atoms with van der Waals surface area (Å²) < 4.78 is 0. The Morgan fingerprint density at radius 3 is 2.94 bits per heavy atom. The largest absolute Gasteiger partial charge is 0.381 e. The van der Waals surface area contributed by atoms with Crippen LogP contribution in [-0.2, 0) is 0 Å². The van der Waals surface area contributed by atoms with E-state index in [1.54, 1.807) is 6.20 Å². The van der Waals surface area contributed by atoms with Crippen molar-refractivity contribution in [1.82, 2.24) is 15.1 Å². The van der Waals surface area contributed by atoms with E-state index in [0.717, 1.165) is 19.6 Å². The topological polar surface area (TPSA) is 61.0 Å². The lowest BCUT2D eigenvalue weighted by atomic mass is 10.1. The molecule has 5 nitrogen and oxygen atoms in total. The predicted octanol–water partition coefficient (Wildman–Crippen LogP) is 1.71. The number of aromatic amines is 1. The highest BCUT2D eigenvalue weighted by molar-refractivity contribution is 6.32. The summed E-state index contributed by atoms with van der Waals surface area (Å²) in [6.07, 6.45) is 5.43. The van der Waals surface area contributed by atoms with Crippen LogP contribution in [0.1, 0.15) is 26.2 Å². The normalized spacial score (nSPS) is 18.6. The number of aromatic nitrogens is 2. The number of anilines is 1. The number of likely N-dealkylation sites (tertiary alicyclic amines) is 1. The van der Waals surface area contributed by atoms with Crippen molar-refractivity contribution in [3.8, 4) is 0 Å². The van der Waals surface area contributed by atoms with Gasteiger partial charge in [0.2, 0.25) is 0 Å². The van der Waals surface area contributed by atoms with Crippen molar-refractivity contribution in [2.75, 3.05) is 25.0 Å². The summed E-state index contributed by atoms with van der Waals surface area (Å²) in [6, 6.07) is 0.431. The SMILES string of the molecule is CC(CNc1cn[nH]c(=O)c1Cl)N1CCCCC1. The van der Waals surface area contributed by atoms with Crippen molar-refractivity contribution in [3.05, 3.63) is 21.6 Å². The lowest BCUT2D eigenvalue weighted by Gasteiger charge is -2.32. The van der Waals surface area contributed by atoms with Gasteiger partial charge in [-0.15, -0.1) is 0 Å². The minimum atomic E-state index is -0.354. The molecule has 0 radical (unpaired) electrons. The van der Waals surface area contributed by atoms with E-state index in [1.807, 2.05) is 0 Å². The van der Waals surface area contributed by atoms with Gasteiger partial charge in [-0.25, -0.2) is 5.10 Å². The van der Waals surface area contributed by atoms with E-state index in [2.05, 4.69) is 27.3 Å². The van der Waals surface area contributed by atoms with Crippen LogP contribution in [0.3, 0.4) is 0 Å². The van der Waals surface area contributed by atoms with E-state index in [1.165, 1.54) is 19.3 Å². The van der Waals surface area contributed by atoms with Crippen molar-refractivity contribution < 1.29 is 0 Å². The van der Waals surface area contributed by atoms with Gasteiger partial charge < -0.3 is 5.32 Å². The molecule has 1 atom stereocenters. The van der Waals surface area contributed by atoms with Gasteiger partial charge >= 0.3 is 0 Å². The number of nitrogens with zero attached hydrogens (tertiary/aromatic N) is 2. The van der Waals surface area contributed by atoms with E-state index in [4.69, 9.17) is 11.6 Å². The molecule has 1 saturated heterocycles. The zero-order valence-corrected chi connectivity index (χ0v) is 11.3. The maximum atomic E-state index is 11.3. The molecule has 0 aromatic carbocycles. The molecule has 1 aromatic rings. The number of halogens is 1. The summed E-state index contributed by atoms with van der Waals surface area (Å²) in [6.45, 7) is 5.27. The Morgan fingerprint density at radius 2 is 2.22 bits per heavy atom. The van der Waals surface area contributed by atoms with E-state index >= 15 is 0 Å². The zero-order valence-electron chi connectivity index (χ0n) is 10.6. The predicted molar refractivity (Wildman–Crippen MR) is 73.2 cm³/mol. The smallest absolute Gasteiger partial charge is 0.285 e.